The molecule has 0 aliphatic rings. The molecule has 0 unspecified atom stereocenters. The van der Waals surface area contributed by atoms with Crippen LogP contribution in [-0.4, -0.2) is 30.1 Å². The molecule has 0 aliphatic carbocycles. The lowest BCUT2D eigenvalue weighted by Crippen LogP contribution is -2.29. The van der Waals surface area contributed by atoms with Crippen molar-refractivity contribution in [1.29, 1.82) is 5.26 Å². The zero-order chi connectivity index (χ0) is 14.3. The number of amides is 1. The molecule has 2 N–H and O–H groups in total. The number of nitrogens with zero attached hydrogens (tertiary/aromatic N) is 1. The van der Waals surface area contributed by atoms with Crippen LogP contribution in [0.4, 0.5) is 0 Å². The second-order valence-corrected chi connectivity index (χ2v) is 3.80. The molecule has 1 aromatic rings. The van der Waals surface area contributed by atoms with Crippen LogP contribution in [0.5, 0.6) is 5.75 Å². The van der Waals surface area contributed by atoms with Crippen LogP contribution in [0.1, 0.15) is 22.3 Å². The van der Waals surface area contributed by atoms with E-state index in [9.17, 15) is 9.59 Å². The minimum absolute atomic E-state index is 0.0184. The van der Waals surface area contributed by atoms with Crippen LogP contribution in [0.2, 0.25) is 0 Å². The van der Waals surface area contributed by atoms with E-state index in [1.165, 1.54) is 6.07 Å². The number of rotatable bonds is 6. The summed E-state index contributed by atoms with van der Waals surface area (Å²) in [5, 5.41) is 19.8. The lowest BCUT2D eigenvalue weighted by molar-refractivity contribution is -0.123. The fourth-order valence-corrected chi connectivity index (χ4v) is 1.46. The Kier molecular flexibility index (Phi) is 5.35. The minimum atomic E-state index is -1.11. The molecular weight excluding hydrogens is 248 g/mol. The SMILES string of the molecule is Cc1cccc(C(=O)O)c1OCC(=O)NCCC#N. The van der Waals surface area contributed by atoms with Crippen molar-refractivity contribution in [2.75, 3.05) is 13.2 Å². The van der Waals surface area contributed by atoms with Gasteiger partial charge in [-0.25, -0.2) is 4.79 Å². The first-order valence-corrected chi connectivity index (χ1v) is 5.65. The van der Waals surface area contributed by atoms with Gasteiger partial charge in [0.1, 0.15) is 11.3 Å². The number of para-hydroxylation sites is 1. The van der Waals surface area contributed by atoms with Gasteiger partial charge in [0, 0.05) is 6.54 Å². The van der Waals surface area contributed by atoms with Crippen LogP contribution in [0.15, 0.2) is 18.2 Å². The predicted molar refractivity (Wildman–Crippen MR) is 66.9 cm³/mol. The number of ether oxygens (including phenoxy) is 1. The van der Waals surface area contributed by atoms with Gasteiger partial charge in [0.25, 0.3) is 5.91 Å². The van der Waals surface area contributed by atoms with Gasteiger partial charge in [-0.3, -0.25) is 4.79 Å². The number of benzene rings is 1. The highest BCUT2D eigenvalue weighted by Gasteiger charge is 2.14. The van der Waals surface area contributed by atoms with E-state index in [0.717, 1.165) is 0 Å². The van der Waals surface area contributed by atoms with Gasteiger partial charge in [-0.2, -0.15) is 5.26 Å². The highest BCUT2D eigenvalue weighted by Crippen LogP contribution is 2.23. The fraction of sp³-hybridized carbons (Fsp3) is 0.308. The Morgan fingerprint density at radius 1 is 1.47 bits per heavy atom. The molecule has 0 spiro atoms. The Morgan fingerprint density at radius 3 is 2.84 bits per heavy atom. The smallest absolute Gasteiger partial charge is 0.339 e. The molecule has 0 radical (unpaired) electrons. The standard InChI is InChI=1S/C13H14N2O4/c1-9-4-2-5-10(13(17)18)12(9)19-8-11(16)15-7-3-6-14/h2,4-5H,3,7-8H2,1H3,(H,15,16)(H,17,18). The Hall–Kier alpha value is -2.55. The summed E-state index contributed by atoms with van der Waals surface area (Å²) in [6.07, 6.45) is 0.219. The van der Waals surface area contributed by atoms with Crippen LogP contribution in [0, 0.1) is 18.3 Å². The summed E-state index contributed by atoms with van der Waals surface area (Å²) in [5.41, 5.74) is 0.662. The molecule has 1 amide bonds. The fourth-order valence-electron chi connectivity index (χ4n) is 1.46. The van der Waals surface area contributed by atoms with E-state index in [1.807, 2.05) is 6.07 Å². The van der Waals surface area contributed by atoms with Gasteiger partial charge < -0.3 is 15.2 Å². The van der Waals surface area contributed by atoms with Crippen LogP contribution < -0.4 is 10.1 Å². The third kappa shape index (κ3) is 4.32. The molecule has 19 heavy (non-hydrogen) atoms. The largest absolute Gasteiger partial charge is 0.483 e. The molecule has 0 aliphatic heterocycles. The summed E-state index contributed by atoms with van der Waals surface area (Å²) >= 11 is 0. The summed E-state index contributed by atoms with van der Waals surface area (Å²) in [6, 6.07) is 6.63. The molecule has 0 aromatic heterocycles. The molecule has 0 heterocycles. The van der Waals surface area contributed by atoms with Crippen molar-refractivity contribution in [3.8, 4) is 11.8 Å². The first-order chi connectivity index (χ1) is 9.06. The van der Waals surface area contributed by atoms with Crippen molar-refractivity contribution in [2.24, 2.45) is 0 Å². The number of hydrogen-bond acceptors (Lipinski definition) is 4. The molecule has 0 atom stereocenters. The summed E-state index contributed by atoms with van der Waals surface area (Å²) < 4.78 is 5.25. The van der Waals surface area contributed by atoms with E-state index in [1.54, 1.807) is 19.1 Å². The van der Waals surface area contributed by atoms with Crippen molar-refractivity contribution in [1.82, 2.24) is 5.32 Å². The van der Waals surface area contributed by atoms with E-state index in [-0.39, 0.29) is 30.9 Å². The van der Waals surface area contributed by atoms with Crippen molar-refractivity contribution in [2.45, 2.75) is 13.3 Å². The number of aryl methyl sites for hydroxylation is 1. The summed E-state index contributed by atoms with van der Waals surface area (Å²) in [4.78, 5) is 22.4. The average Bonchev–Trinajstić information content (AvgIpc) is 2.37. The maximum Gasteiger partial charge on any atom is 0.339 e. The average molecular weight is 262 g/mol. The lowest BCUT2D eigenvalue weighted by Gasteiger charge is -2.11. The van der Waals surface area contributed by atoms with Crippen molar-refractivity contribution < 1.29 is 19.4 Å². The number of carbonyl (C=O) groups is 2. The molecule has 1 aromatic carbocycles. The molecule has 0 fully saturated rings. The van der Waals surface area contributed by atoms with Gasteiger partial charge >= 0.3 is 5.97 Å². The molecular formula is C13H14N2O4. The maximum absolute atomic E-state index is 11.4. The number of carboxylic acids is 1. The third-order valence-electron chi connectivity index (χ3n) is 2.35. The molecule has 1 rings (SSSR count). The van der Waals surface area contributed by atoms with E-state index >= 15 is 0 Å². The third-order valence-corrected chi connectivity index (χ3v) is 2.35. The van der Waals surface area contributed by atoms with Crippen molar-refractivity contribution >= 4 is 11.9 Å². The topological polar surface area (TPSA) is 99.4 Å². The number of carbonyl (C=O) groups excluding carboxylic acids is 1. The zero-order valence-electron chi connectivity index (χ0n) is 10.5. The van der Waals surface area contributed by atoms with Crippen LogP contribution >= 0.6 is 0 Å². The molecule has 100 valence electrons. The van der Waals surface area contributed by atoms with E-state index in [0.29, 0.717) is 5.56 Å². The number of hydrogen-bond donors (Lipinski definition) is 2. The molecule has 0 saturated heterocycles. The molecule has 0 saturated carbocycles. The highest BCUT2D eigenvalue weighted by molar-refractivity contribution is 5.91. The summed E-state index contributed by atoms with van der Waals surface area (Å²) in [6.45, 7) is 1.67. The number of aromatic carboxylic acids is 1. The monoisotopic (exact) mass is 262 g/mol. The Bertz CT molecular complexity index is 520. The van der Waals surface area contributed by atoms with Gasteiger partial charge in [0.15, 0.2) is 6.61 Å². The van der Waals surface area contributed by atoms with Gasteiger partial charge in [-0.1, -0.05) is 12.1 Å². The van der Waals surface area contributed by atoms with Gasteiger partial charge in [0.05, 0.1) is 12.5 Å². The minimum Gasteiger partial charge on any atom is -0.483 e. The summed E-state index contributed by atoms with van der Waals surface area (Å²) in [7, 11) is 0. The Labute approximate surface area is 110 Å². The van der Waals surface area contributed by atoms with E-state index in [2.05, 4.69) is 5.32 Å². The molecule has 0 bridgehead atoms. The normalized spacial score (nSPS) is 9.47. The van der Waals surface area contributed by atoms with E-state index in [4.69, 9.17) is 15.1 Å². The van der Waals surface area contributed by atoms with Crippen molar-refractivity contribution in [3.63, 3.8) is 0 Å². The van der Waals surface area contributed by atoms with Gasteiger partial charge in [0.2, 0.25) is 0 Å². The van der Waals surface area contributed by atoms with Crippen molar-refractivity contribution in [3.05, 3.63) is 29.3 Å². The second-order valence-electron chi connectivity index (χ2n) is 3.80. The number of nitriles is 1. The van der Waals surface area contributed by atoms with Crippen LogP contribution in [-0.2, 0) is 4.79 Å². The first-order valence-electron chi connectivity index (χ1n) is 5.65. The lowest BCUT2D eigenvalue weighted by atomic mass is 10.1. The first kappa shape index (κ1) is 14.5. The maximum atomic E-state index is 11.4. The van der Waals surface area contributed by atoms with Gasteiger partial charge in [-0.05, 0) is 18.6 Å². The number of carboxylic acid groups (broad SMARTS) is 1. The zero-order valence-corrected chi connectivity index (χ0v) is 10.5. The summed E-state index contributed by atoms with van der Waals surface area (Å²) in [5.74, 6) is -1.32. The van der Waals surface area contributed by atoms with Gasteiger partial charge in [-0.15, -0.1) is 0 Å². The molecule has 6 nitrogen and oxygen atoms in total. The second kappa shape index (κ2) is 7.01. The van der Waals surface area contributed by atoms with Crippen LogP contribution in [0.3, 0.4) is 0 Å². The Balaban J connectivity index is 2.65. The molecule has 6 heteroatoms. The predicted octanol–water partition coefficient (Wildman–Crippen LogP) is 1.10. The van der Waals surface area contributed by atoms with E-state index < -0.39 is 11.9 Å². The Morgan fingerprint density at radius 2 is 2.21 bits per heavy atom. The number of nitrogens with one attached hydrogen (secondary N) is 1. The van der Waals surface area contributed by atoms with Crippen LogP contribution in [0.25, 0.3) is 0 Å². The highest BCUT2D eigenvalue weighted by atomic mass is 16.5. The quantitative estimate of drug-likeness (QED) is 0.748.